The number of hydrogen-bond donors (Lipinski definition) is 0. The molecule has 0 radical (unpaired) electrons. The van der Waals surface area contributed by atoms with Crippen LogP contribution in [-0.2, 0) is 22.5 Å². The van der Waals surface area contributed by atoms with Crippen LogP contribution in [0.3, 0.4) is 0 Å². The van der Waals surface area contributed by atoms with Gasteiger partial charge in [0.05, 0.1) is 19.8 Å². The van der Waals surface area contributed by atoms with Crippen molar-refractivity contribution in [1.82, 2.24) is 0 Å². The van der Waals surface area contributed by atoms with Crippen LogP contribution in [0.4, 0.5) is 5.69 Å². The lowest BCUT2D eigenvalue weighted by atomic mass is 9.40. The van der Waals surface area contributed by atoms with Gasteiger partial charge in [0.15, 0.2) is 5.69 Å². The number of ether oxygens (including phenoxy) is 2. The Morgan fingerprint density at radius 3 is 1.67 bits per heavy atom. The summed E-state index contributed by atoms with van der Waals surface area (Å²) in [5.41, 5.74) is 6.48. The Balaban J connectivity index is 1.12. The molecule has 0 aromatic heterocycles. The Morgan fingerprint density at radius 2 is 1.17 bits per heavy atom. The Morgan fingerprint density at radius 1 is 0.694 bits per heavy atom. The molecule has 0 atom stereocenters. The Labute approximate surface area is 211 Å². The van der Waals surface area contributed by atoms with Crippen molar-refractivity contribution in [3.63, 3.8) is 0 Å². The smallest absolute Gasteiger partial charge is 0.323 e. The van der Waals surface area contributed by atoms with Gasteiger partial charge in [-0.15, -0.1) is 0 Å². The average molecular weight is 471 g/mol. The first-order valence-corrected chi connectivity index (χ1v) is 12.0. The van der Waals surface area contributed by atoms with Gasteiger partial charge in [0, 0.05) is 0 Å². The third kappa shape index (κ3) is 4.61. The number of hydrogen-bond acceptors (Lipinski definition) is 4. The van der Waals surface area contributed by atoms with Crippen molar-refractivity contribution in [2.24, 2.45) is 0 Å². The van der Waals surface area contributed by atoms with Gasteiger partial charge >= 0.3 is 13.8 Å². The molecule has 174 valence electrons. The molecule has 2 aliphatic heterocycles. The van der Waals surface area contributed by atoms with Crippen LogP contribution in [0.2, 0.25) is 6.22 Å². The van der Waals surface area contributed by atoms with Crippen molar-refractivity contribution < 1.29 is 18.8 Å². The third-order valence-electron chi connectivity index (χ3n) is 6.69. The molecule has 5 nitrogen and oxygen atoms in total. The van der Waals surface area contributed by atoms with E-state index < -0.39 is 0 Å². The van der Waals surface area contributed by atoms with Crippen LogP contribution in [0.5, 0.6) is 23.0 Å². The van der Waals surface area contributed by atoms with E-state index in [-0.39, 0.29) is 13.8 Å². The van der Waals surface area contributed by atoms with Gasteiger partial charge in [-0.3, -0.25) is 0 Å². The first-order chi connectivity index (χ1) is 17.6. The molecule has 7 heteroatoms. The highest BCUT2D eigenvalue weighted by molar-refractivity contribution is 6.85. The predicted molar refractivity (Wildman–Crippen MR) is 142 cm³/mol. The van der Waals surface area contributed by atoms with E-state index in [1.54, 1.807) is 12.1 Å². The lowest BCUT2D eigenvalue weighted by molar-refractivity contribution is 0.319. The van der Waals surface area contributed by atoms with E-state index in [0.29, 0.717) is 24.7 Å². The minimum absolute atomic E-state index is 0.0127. The van der Waals surface area contributed by atoms with Crippen molar-refractivity contribution >= 4 is 30.4 Å². The quantitative estimate of drug-likeness (QED) is 0.262. The molecule has 0 unspecified atom stereocenters. The SMILES string of the molecule is [C-]#[N+]c1ccc(Oc2ccc3c(c2)COB3CB2OCc3cc(Oc4ccc(C)cc4)ccc32)cc1. The number of aryl methyl sites for hydroxylation is 1. The largest absolute Gasteiger partial charge is 0.457 e. The summed E-state index contributed by atoms with van der Waals surface area (Å²) < 4.78 is 24.3. The lowest BCUT2D eigenvalue weighted by Gasteiger charge is -2.12. The zero-order chi connectivity index (χ0) is 24.5. The third-order valence-corrected chi connectivity index (χ3v) is 6.69. The first kappa shape index (κ1) is 22.5. The van der Waals surface area contributed by atoms with Gasteiger partial charge in [-0.2, -0.15) is 0 Å². The van der Waals surface area contributed by atoms with E-state index in [9.17, 15) is 0 Å². The summed E-state index contributed by atoms with van der Waals surface area (Å²) in [7, 11) is 0. The molecule has 36 heavy (non-hydrogen) atoms. The fraction of sp³-hybridized carbons (Fsp3) is 0.138. The number of nitrogens with zero attached hydrogens (tertiary/aromatic N) is 1. The van der Waals surface area contributed by atoms with Gasteiger partial charge in [0.25, 0.3) is 0 Å². The summed E-state index contributed by atoms with van der Waals surface area (Å²) in [4.78, 5) is 3.42. The Kier molecular flexibility index (Phi) is 5.98. The molecular formula is C29H23B2NO4. The molecule has 0 aliphatic carbocycles. The molecular weight excluding hydrogens is 448 g/mol. The van der Waals surface area contributed by atoms with Crippen molar-refractivity contribution in [2.45, 2.75) is 26.4 Å². The van der Waals surface area contributed by atoms with E-state index in [1.165, 1.54) is 16.5 Å². The Hall–Kier alpha value is -3.98. The van der Waals surface area contributed by atoms with Crippen LogP contribution < -0.4 is 20.4 Å². The summed E-state index contributed by atoms with van der Waals surface area (Å²) >= 11 is 0. The number of rotatable bonds is 6. The van der Waals surface area contributed by atoms with Gasteiger partial charge < -0.3 is 18.8 Å². The van der Waals surface area contributed by atoms with Crippen LogP contribution in [0.15, 0.2) is 84.9 Å². The summed E-state index contributed by atoms with van der Waals surface area (Å²) in [5.74, 6) is 3.12. The van der Waals surface area contributed by atoms with E-state index in [0.717, 1.165) is 34.6 Å². The molecule has 4 aromatic carbocycles. The molecule has 0 saturated heterocycles. The fourth-order valence-corrected chi connectivity index (χ4v) is 4.78. The maximum Gasteiger partial charge on any atom is 0.323 e. The highest BCUT2D eigenvalue weighted by atomic mass is 16.5. The van der Waals surface area contributed by atoms with Gasteiger partial charge in [0.2, 0.25) is 0 Å². The van der Waals surface area contributed by atoms with Crippen molar-refractivity contribution in [3.8, 4) is 23.0 Å². The van der Waals surface area contributed by atoms with E-state index in [1.807, 2.05) is 54.6 Å². The van der Waals surface area contributed by atoms with Gasteiger partial charge in [-0.1, -0.05) is 42.0 Å². The minimum atomic E-state index is -0.0218. The van der Waals surface area contributed by atoms with Gasteiger partial charge in [-0.05, 0) is 83.7 Å². The molecule has 4 aromatic rings. The molecule has 0 bridgehead atoms. The fourth-order valence-electron chi connectivity index (χ4n) is 4.78. The standard InChI is InChI=1S/C29H23B2NO4/c1-20-3-7-24(8-4-20)35-26-11-13-28-21(15-26)17-33-30(28)19-31-29-14-12-27(16-22(29)18-34-31)36-25-9-5-23(32-2)6-10-25/h3-16H,17-19H2,1H3. The Bertz CT molecular complexity index is 1450. The van der Waals surface area contributed by atoms with Crippen LogP contribution in [-0.4, -0.2) is 13.8 Å². The van der Waals surface area contributed by atoms with Crippen LogP contribution in [0, 0.1) is 13.5 Å². The summed E-state index contributed by atoms with van der Waals surface area (Å²) in [6, 6.07) is 27.5. The number of fused-ring (bicyclic) bond motifs is 2. The van der Waals surface area contributed by atoms with E-state index in [2.05, 4.69) is 30.0 Å². The molecule has 0 spiro atoms. The van der Waals surface area contributed by atoms with E-state index >= 15 is 0 Å². The minimum Gasteiger partial charge on any atom is -0.457 e. The molecule has 2 heterocycles. The van der Waals surface area contributed by atoms with Gasteiger partial charge in [0.1, 0.15) is 23.0 Å². The summed E-state index contributed by atoms with van der Waals surface area (Å²) in [5, 5.41) is 0. The highest BCUT2D eigenvalue weighted by Gasteiger charge is 2.37. The zero-order valence-corrected chi connectivity index (χ0v) is 19.9. The molecule has 0 amide bonds. The highest BCUT2D eigenvalue weighted by Crippen LogP contribution is 2.28. The maximum absolute atomic E-state index is 7.07. The molecule has 0 fully saturated rings. The van der Waals surface area contributed by atoms with Crippen molar-refractivity contribution in [3.05, 3.63) is 113 Å². The van der Waals surface area contributed by atoms with Crippen LogP contribution in [0.1, 0.15) is 16.7 Å². The van der Waals surface area contributed by atoms with Crippen molar-refractivity contribution in [2.75, 3.05) is 0 Å². The predicted octanol–water partition coefficient (Wildman–Crippen LogP) is 5.83. The number of benzene rings is 4. The molecule has 2 aliphatic rings. The normalized spacial score (nSPS) is 13.8. The second-order valence-corrected chi connectivity index (χ2v) is 9.18. The van der Waals surface area contributed by atoms with Crippen LogP contribution >= 0.6 is 0 Å². The van der Waals surface area contributed by atoms with Crippen LogP contribution in [0.25, 0.3) is 4.85 Å². The second kappa shape index (κ2) is 9.58. The van der Waals surface area contributed by atoms with E-state index in [4.69, 9.17) is 25.4 Å². The molecule has 6 rings (SSSR count). The zero-order valence-electron chi connectivity index (χ0n) is 19.9. The summed E-state index contributed by atoms with van der Waals surface area (Å²) in [6.45, 7) is 10.2. The lowest BCUT2D eigenvalue weighted by Crippen LogP contribution is -2.39. The topological polar surface area (TPSA) is 41.3 Å². The molecule has 0 N–H and O–H groups in total. The molecule has 0 saturated carbocycles. The maximum atomic E-state index is 7.07. The monoisotopic (exact) mass is 471 g/mol. The first-order valence-electron chi connectivity index (χ1n) is 12.0. The van der Waals surface area contributed by atoms with Gasteiger partial charge in [-0.25, -0.2) is 4.85 Å². The summed E-state index contributed by atoms with van der Waals surface area (Å²) in [6.07, 6.45) is 0.760. The average Bonchev–Trinajstić information content (AvgIpc) is 3.49. The van der Waals surface area contributed by atoms with Crippen molar-refractivity contribution in [1.29, 1.82) is 0 Å². The second-order valence-electron chi connectivity index (χ2n) is 9.18.